The third-order valence-electron chi connectivity index (χ3n) is 2.85. The first-order valence-corrected chi connectivity index (χ1v) is 8.09. The van der Waals surface area contributed by atoms with Gasteiger partial charge in [0.25, 0.3) is 0 Å². The van der Waals surface area contributed by atoms with Crippen molar-refractivity contribution in [3.8, 4) is 5.75 Å². The molecule has 118 valence electrons. The van der Waals surface area contributed by atoms with Crippen LogP contribution in [-0.2, 0) is 14.8 Å². The molecule has 0 radical (unpaired) electrons. The van der Waals surface area contributed by atoms with E-state index >= 15 is 0 Å². The second kappa shape index (κ2) is 7.11. The summed E-state index contributed by atoms with van der Waals surface area (Å²) in [4.78, 5) is 10.7. The number of sulfonamides is 1. The maximum atomic E-state index is 12.6. The lowest BCUT2D eigenvalue weighted by atomic mass is 10.3. The standard InChI is InChI=1S/C13H18ClNO5S/c1-9(2)15(7-6-13(16)17)21(18,19)10-4-5-12(20-3)11(14)8-10/h4-5,8-9H,6-7H2,1-3H3,(H,16,17). The van der Waals surface area contributed by atoms with E-state index in [2.05, 4.69) is 0 Å². The number of carbonyl (C=O) groups is 1. The first-order valence-electron chi connectivity index (χ1n) is 6.27. The maximum absolute atomic E-state index is 12.6. The van der Waals surface area contributed by atoms with Gasteiger partial charge in [-0.2, -0.15) is 4.31 Å². The van der Waals surface area contributed by atoms with Crippen LogP contribution in [0.3, 0.4) is 0 Å². The Morgan fingerprint density at radius 2 is 2.05 bits per heavy atom. The van der Waals surface area contributed by atoms with Crippen LogP contribution in [0, 0.1) is 0 Å². The van der Waals surface area contributed by atoms with Gasteiger partial charge >= 0.3 is 5.97 Å². The highest BCUT2D eigenvalue weighted by atomic mass is 35.5. The van der Waals surface area contributed by atoms with Crippen LogP contribution in [0.5, 0.6) is 5.75 Å². The molecule has 0 bridgehead atoms. The minimum absolute atomic E-state index is 0.00684. The van der Waals surface area contributed by atoms with E-state index in [1.807, 2.05) is 0 Å². The molecule has 0 amide bonds. The minimum atomic E-state index is -3.81. The van der Waals surface area contributed by atoms with Gasteiger partial charge in [-0.1, -0.05) is 11.6 Å². The molecule has 0 aromatic heterocycles. The number of nitrogens with zero attached hydrogens (tertiary/aromatic N) is 1. The van der Waals surface area contributed by atoms with Crippen molar-refractivity contribution in [2.45, 2.75) is 31.2 Å². The highest BCUT2D eigenvalue weighted by Crippen LogP contribution is 2.29. The van der Waals surface area contributed by atoms with E-state index in [-0.39, 0.29) is 28.9 Å². The maximum Gasteiger partial charge on any atom is 0.304 e. The number of hydrogen-bond donors (Lipinski definition) is 1. The van der Waals surface area contributed by atoms with E-state index < -0.39 is 16.0 Å². The van der Waals surface area contributed by atoms with Crippen LogP contribution in [0.4, 0.5) is 0 Å². The monoisotopic (exact) mass is 335 g/mol. The number of halogens is 1. The summed E-state index contributed by atoms with van der Waals surface area (Å²) >= 11 is 5.95. The molecular formula is C13H18ClNO5S. The first kappa shape index (κ1) is 17.7. The first-order chi connectivity index (χ1) is 9.70. The van der Waals surface area contributed by atoms with Gasteiger partial charge in [-0.3, -0.25) is 4.79 Å². The van der Waals surface area contributed by atoms with Gasteiger partial charge in [0, 0.05) is 12.6 Å². The van der Waals surface area contributed by atoms with Gasteiger partial charge in [-0.15, -0.1) is 0 Å². The number of ether oxygens (including phenoxy) is 1. The fourth-order valence-electron chi connectivity index (χ4n) is 1.80. The average Bonchev–Trinajstić information content (AvgIpc) is 2.37. The van der Waals surface area contributed by atoms with Crippen LogP contribution in [0.25, 0.3) is 0 Å². The lowest BCUT2D eigenvalue weighted by Crippen LogP contribution is -2.38. The van der Waals surface area contributed by atoms with Gasteiger partial charge in [0.2, 0.25) is 10.0 Å². The molecule has 8 heteroatoms. The topological polar surface area (TPSA) is 83.9 Å². The molecule has 0 fully saturated rings. The molecule has 0 saturated carbocycles. The van der Waals surface area contributed by atoms with Crippen molar-refractivity contribution < 1.29 is 23.1 Å². The Kier molecular flexibility index (Phi) is 6.00. The van der Waals surface area contributed by atoms with E-state index in [4.69, 9.17) is 21.4 Å². The van der Waals surface area contributed by atoms with E-state index in [9.17, 15) is 13.2 Å². The summed E-state index contributed by atoms with van der Waals surface area (Å²) in [6.07, 6.45) is -0.263. The smallest absolute Gasteiger partial charge is 0.304 e. The van der Waals surface area contributed by atoms with Gasteiger partial charge in [-0.25, -0.2) is 8.42 Å². The molecule has 0 heterocycles. The summed E-state index contributed by atoms with van der Waals surface area (Å²) in [5, 5.41) is 8.91. The van der Waals surface area contributed by atoms with Crippen molar-refractivity contribution in [2.75, 3.05) is 13.7 Å². The van der Waals surface area contributed by atoms with Gasteiger partial charge in [-0.05, 0) is 32.0 Å². The van der Waals surface area contributed by atoms with E-state index in [0.29, 0.717) is 5.75 Å². The Hall–Kier alpha value is -1.31. The Balaban J connectivity index is 3.16. The van der Waals surface area contributed by atoms with Crippen LogP contribution in [0.2, 0.25) is 5.02 Å². The van der Waals surface area contributed by atoms with Gasteiger partial charge < -0.3 is 9.84 Å². The van der Waals surface area contributed by atoms with Crippen molar-refractivity contribution >= 4 is 27.6 Å². The summed E-state index contributed by atoms with van der Waals surface area (Å²) in [5.41, 5.74) is 0. The van der Waals surface area contributed by atoms with Crippen LogP contribution < -0.4 is 4.74 Å². The quantitative estimate of drug-likeness (QED) is 0.826. The Morgan fingerprint density at radius 1 is 1.43 bits per heavy atom. The SMILES string of the molecule is COc1ccc(S(=O)(=O)N(CCC(=O)O)C(C)C)cc1Cl. The summed E-state index contributed by atoms with van der Waals surface area (Å²) in [6.45, 7) is 3.27. The van der Waals surface area contributed by atoms with Crippen molar-refractivity contribution in [2.24, 2.45) is 0 Å². The van der Waals surface area contributed by atoms with E-state index in [1.165, 1.54) is 25.3 Å². The lowest BCUT2D eigenvalue weighted by Gasteiger charge is -2.25. The minimum Gasteiger partial charge on any atom is -0.495 e. The highest BCUT2D eigenvalue weighted by Gasteiger charge is 2.28. The summed E-state index contributed by atoms with van der Waals surface area (Å²) < 4.78 is 31.3. The van der Waals surface area contributed by atoms with Gasteiger partial charge in [0.15, 0.2) is 0 Å². The Bertz CT molecular complexity index is 615. The Morgan fingerprint density at radius 3 is 2.48 bits per heavy atom. The van der Waals surface area contributed by atoms with Crippen LogP contribution in [0.15, 0.2) is 23.1 Å². The molecule has 21 heavy (non-hydrogen) atoms. The van der Waals surface area contributed by atoms with E-state index in [0.717, 1.165) is 4.31 Å². The fraction of sp³-hybridized carbons (Fsp3) is 0.462. The zero-order valence-electron chi connectivity index (χ0n) is 12.0. The van der Waals surface area contributed by atoms with Gasteiger partial charge in [0.1, 0.15) is 5.75 Å². The van der Waals surface area contributed by atoms with Crippen LogP contribution in [0.1, 0.15) is 20.3 Å². The van der Waals surface area contributed by atoms with Crippen molar-refractivity contribution in [1.82, 2.24) is 4.31 Å². The largest absolute Gasteiger partial charge is 0.495 e. The van der Waals surface area contributed by atoms with Crippen molar-refractivity contribution in [3.63, 3.8) is 0 Å². The lowest BCUT2D eigenvalue weighted by molar-refractivity contribution is -0.137. The molecule has 0 aliphatic heterocycles. The number of rotatable bonds is 7. The highest BCUT2D eigenvalue weighted by molar-refractivity contribution is 7.89. The second-order valence-electron chi connectivity index (χ2n) is 4.65. The van der Waals surface area contributed by atoms with Crippen molar-refractivity contribution in [1.29, 1.82) is 0 Å². The molecule has 6 nitrogen and oxygen atoms in total. The number of carboxylic acid groups (broad SMARTS) is 1. The van der Waals surface area contributed by atoms with Crippen molar-refractivity contribution in [3.05, 3.63) is 23.2 Å². The predicted molar refractivity (Wildman–Crippen MR) is 79.3 cm³/mol. The van der Waals surface area contributed by atoms with Gasteiger partial charge in [0.05, 0.1) is 23.4 Å². The molecular weight excluding hydrogens is 318 g/mol. The summed E-state index contributed by atoms with van der Waals surface area (Å²) in [5.74, 6) is -0.680. The number of aliphatic carboxylic acids is 1. The molecule has 1 N–H and O–H groups in total. The molecule has 1 rings (SSSR count). The molecule has 0 spiro atoms. The Labute approximate surface area is 129 Å². The van der Waals surface area contributed by atoms with E-state index in [1.54, 1.807) is 13.8 Å². The predicted octanol–water partition coefficient (Wildman–Crippen LogP) is 2.22. The third kappa shape index (κ3) is 4.33. The molecule has 0 atom stereocenters. The van der Waals surface area contributed by atoms with Crippen LogP contribution >= 0.6 is 11.6 Å². The average molecular weight is 336 g/mol. The number of carboxylic acids is 1. The molecule has 0 aliphatic carbocycles. The normalized spacial score (nSPS) is 11.9. The number of methoxy groups -OCH3 is 1. The molecule has 0 aliphatic rings. The number of benzene rings is 1. The molecule has 1 aromatic rings. The fourth-order valence-corrected chi connectivity index (χ4v) is 3.79. The third-order valence-corrected chi connectivity index (χ3v) is 5.22. The molecule has 0 unspecified atom stereocenters. The summed E-state index contributed by atoms with van der Waals surface area (Å²) in [6, 6.07) is 3.78. The zero-order chi connectivity index (χ0) is 16.2. The summed E-state index contributed by atoms with van der Waals surface area (Å²) in [7, 11) is -2.38. The number of hydrogen-bond acceptors (Lipinski definition) is 4. The second-order valence-corrected chi connectivity index (χ2v) is 6.95. The molecule has 0 saturated heterocycles. The molecule has 1 aromatic carbocycles. The van der Waals surface area contributed by atoms with Crippen LogP contribution in [-0.4, -0.2) is 43.5 Å². The zero-order valence-corrected chi connectivity index (χ0v) is 13.6.